The molecule has 2 unspecified atom stereocenters. The van der Waals surface area contributed by atoms with Crippen LogP contribution >= 0.6 is 12.3 Å². The number of nitrogens with two attached hydrogens (primary N) is 1. The average Bonchev–Trinajstić information content (AvgIpc) is 3.22. The van der Waals surface area contributed by atoms with Crippen molar-refractivity contribution in [3.63, 3.8) is 0 Å². The third kappa shape index (κ3) is 16.7. The number of amides is 2. The van der Waals surface area contributed by atoms with Gasteiger partial charge in [-0.1, -0.05) is 73.6 Å². The average molecular weight is 807 g/mol. The molecule has 1 fully saturated rings. The molecular formula is C42H64F2N4O5S2. The molecule has 2 atom stereocenters. The quantitative estimate of drug-likeness (QED) is 0.0971. The van der Waals surface area contributed by atoms with E-state index in [-0.39, 0.29) is 30.9 Å². The van der Waals surface area contributed by atoms with Gasteiger partial charge in [-0.15, -0.1) is 3.89 Å². The predicted molar refractivity (Wildman–Crippen MR) is 228 cm³/mol. The topological polar surface area (TPSA) is 121 Å². The summed E-state index contributed by atoms with van der Waals surface area (Å²) in [6.07, 6.45) is 5.11. The molecule has 9 nitrogen and oxygen atoms in total. The van der Waals surface area contributed by atoms with Crippen molar-refractivity contribution in [3.8, 4) is 0 Å². The van der Waals surface area contributed by atoms with Gasteiger partial charge in [0.25, 0.3) is 0 Å². The van der Waals surface area contributed by atoms with E-state index in [4.69, 9.17) is 10.5 Å². The Hall–Kier alpha value is -4.10. The highest BCUT2D eigenvalue weighted by atomic mass is 32.2. The van der Waals surface area contributed by atoms with Crippen LogP contribution in [0.5, 0.6) is 0 Å². The lowest BCUT2D eigenvalue weighted by Gasteiger charge is -2.37. The van der Waals surface area contributed by atoms with Crippen molar-refractivity contribution in [2.24, 2.45) is 5.92 Å². The number of carbonyl (C=O) groups excluding carboxylic acids is 4. The summed E-state index contributed by atoms with van der Waals surface area (Å²) >= 11 is -0.171. The lowest BCUT2D eigenvalue weighted by molar-refractivity contribution is -0.125. The van der Waals surface area contributed by atoms with Gasteiger partial charge in [0.15, 0.2) is 12.3 Å². The Kier molecular flexibility index (Phi) is 29.1. The zero-order chi connectivity index (χ0) is 42.7. The first-order valence-electron chi connectivity index (χ1n) is 19.0. The lowest BCUT2D eigenvalue weighted by atomic mass is 9.69. The Morgan fingerprint density at radius 2 is 1.47 bits per heavy atom. The zero-order valence-electron chi connectivity index (χ0n) is 34.8. The first kappa shape index (κ1) is 53.0. The smallest absolute Gasteiger partial charge is 0.234 e. The minimum Gasteiger partial charge on any atom is -0.396 e. The summed E-state index contributed by atoms with van der Waals surface area (Å²) < 4.78 is 40.6. The van der Waals surface area contributed by atoms with Gasteiger partial charge in [0.1, 0.15) is 18.4 Å². The van der Waals surface area contributed by atoms with E-state index < -0.39 is 28.6 Å². The summed E-state index contributed by atoms with van der Waals surface area (Å²) in [6, 6.07) is 17.0. The van der Waals surface area contributed by atoms with E-state index in [1.807, 2.05) is 91.8 Å². The van der Waals surface area contributed by atoms with Crippen molar-refractivity contribution in [1.29, 1.82) is 0 Å². The fourth-order valence-electron chi connectivity index (χ4n) is 5.49. The molecule has 2 amide bonds. The maximum absolute atomic E-state index is 13.9. The monoisotopic (exact) mass is 806 g/mol. The van der Waals surface area contributed by atoms with Gasteiger partial charge in [-0.25, -0.2) is 8.60 Å². The molecule has 3 aromatic rings. The van der Waals surface area contributed by atoms with Crippen molar-refractivity contribution < 1.29 is 31.7 Å². The molecule has 1 aliphatic carbocycles. The molecule has 1 aliphatic rings. The number of rotatable bonds is 14. The molecule has 0 aromatic heterocycles. The third-order valence-electron chi connectivity index (χ3n) is 8.21. The van der Waals surface area contributed by atoms with Crippen LogP contribution in [0.3, 0.4) is 0 Å². The molecule has 0 heterocycles. The van der Waals surface area contributed by atoms with Gasteiger partial charge in [-0.2, -0.15) is 0 Å². The minimum atomic E-state index is -1.53. The molecule has 0 aliphatic heterocycles. The van der Waals surface area contributed by atoms with Gasteiger partial charge in [-0.3, -0.25) is 13.9 Å². The molecule has 2 N–H and O–H groups in total. The van der Waals surface area contributed by atoms with Gasteiger partial charge in [0, 0.05) is 37.4 Å². The Bertz CT molecular complexity index is 1590. The normalized spacial score (nSPS) is 14.4. The van der Waals surface area contributed by atoms with E-state index in [0.717, 1.165) is 47.3 Å². The van der Waals surface area contributed by atoms with E-state index in [1.165, 1.54) is 31.0 Å². The van der Waals surface area contributed by atoms with Crippen LogP contribution in [-0.2, 0) is 36.4 Å². The van der Waals surface area contributed by atoms with Gasteiger partial charge in [-0.05, 0) is 98.0 Å². The number of anilines is 3. The zero-order valence-corrected chi connectivity index (χ0v) is 36.4. The van der Waals surface area contributed by atoms with Crippen molar-refractivity contribution in [3.05, 3.63) is 77.6 Å². The summed E-state index contributed by atoms with van der Waals surface area (Å²) in [7, 11) is 3.19. The third-order valence-corrected chi connectivity index (χ3v) is 9.99. The number of likely N-dealkylation sites (N-methyl/N-ethyl adjacent to an activating group) is 1. The van der Waals surface area contributed by atoms with E-state index in [1.54, 1.807) is 31.1 Å². The largest absolute Gasteiger partial charge is 0.396 e. The number of nitrogen functional groups attached to an aromatic ring is 1. The number of aldehydes is 2. The summed E-state index contributed by atoms with van der Waals surface area (Å²) in [6.45, 7) is 17.4. The van der Waals surface area contributed by atoms with Crippen LogP contribution in [-0.4, -0.2) is 60.6 Å². The van der Waals surface area contributed by atoms with Crippen molar-refractivity contribution >= 4 is 65.1 Å². The van der Waals surface area contributed by atoms with Crippen LogP contribution in [0, 0.1) is 11.7 Å². The molecule has 1 saturated carbocycles. The fourth-order valence-corrected chi connectivity index (χ4v) is 6.79. The Labute approximate surface area is 336 Å². The summed E-state index contributed by atoms with van der Waals surface area (Å²) in [4.78, 5) is 48.7. The standard InChI is InChI=1S/C32H36F2N4O4S2.C2H4O.4C2H6/c1-36(20-40)31-17-23(7-11-30(31)37(2)25(19-39)8-12-32(41)38(3)43-34)24-14-22(15-24)13-21-5-4-6-26(16-21)44(42)27-9-10-29(35)28(33)18-27;1-2-3;4*1-2/h4-7,9-11,16-20,22,24-25H,8,12-15,35H2,1-3H3;2H,1H3;4*1-2H3. The molecule has 55 heavy (non-hydrogen) atoms. The maximum Gasteiger partial charge on any atom is 0.234 e. The Morgan fingerprint density at radius 3 is 2.00 bits per heavy atom. The van der Waals surface area contributed by atoms with E-state index in [9.17, 15) is 26.9 Å². The van der Waals surface area contributed by atoms with Crippen LogP contribution in [0.25, 0.3) is 0 Å². The van der Waals surface area contributed by atoms with Crippen LogP contribution in [0.15, 0.2) is 70.5 Å². The SMILES string of the molecule is CC.CC.CC.CC.CC=O.CN(SF)C(=O)CCC(C=O)N(C)c1ccc(C2CC(Cc3cccc(S(=O)c4ccc(N)c(F)c4)c3)C2)cc1N(C)C=O. The molecule has 0 radical (unpaired) electrons. The molecule has 4 rings (SSSR count). The summed E-state index contributed by atoms with van der Waals surface area (Å²) in [5.74, 6) is -0.298. The molecule has 308 valence electrons. The maximum atomic E-state index is 13.9. The van der Waals surface area contributed by atoms with Gasteiger partial charge >= 0.3 is 0 Å². The molecule has 13 heteroatoms. The number of benzene rings is 3. The number of hydrogen-bond acceptors (Lipinski definition) is 8. The number of hydrogen-bond donors (Lipinski definition) is 1. The Morgan fingerprint density at radius 1 is 0.891 bits per heavy atom. The van der Waals surface area contributed by atoms with Crippen molar-refractivity contribution in [2.45, 2.75) is 116 Å². The number of halogens is 2. The van der Waals surface area contributed by atoms with Crippen molar-refractivity contribution in [2.75, 3.05) is 36.7 Å². The van der Waals surface area contributed by atoms with E-state index in [0.29, 0.717) is 39.4 Å². The van der Waals surface area contributed by atoms with Crippen LogP contribution in [0.1, 0.15) is 105 Å². The number of carbonyl (C=O) groups is 4. The van der Waals surface area contributed by atoms with Crippen LogP contribution < -0.4 is 15.5 Å². The molecular weight excluding hydrogens is 743 g/mol. The van der Waals surface area contributed by atoms with E-state index in [2.05, 4.69) is 0 Å². The first-order valence-corrected chi connectivity index (χ1v) is 20.8. The molecule has 3 aromatic carbocycles. The Balaban J connectivity index is 0. The molecule has 0 bridgehead atoms. The minimum absolute atomic E-state index is 0.000313. The second-order valence-corrected chi connectivity index (χ2v) is 13.5. The number of nitrogens with zero attached hydrogens (tertiary/aromatic N) is 3. The first-order chi connectivity index (χ1) is 26.5. The summed E-state index contributed by atoms with van der Waals surface area (Å²) in [5.41, 5.74) is 9.03. The van der Waals surface area contributed by atoms with E-state index >= 15 is 0 Å². The van der Waals surface area contributed by atoms with Gasteiger partial charge in [0.2, 0.25) is 12.3 Å². The molecule has 0 saturated heterocycles. The van der Waals surface area contributed by atoms with Crippen LogP contribution in [0.4, 0.5) is 25.3 Å². The van der Waals surface area contributed by atoms with Gasteiger partial charge < -0.3 is 25.1 Å². The molecule has 0 spiro atoms. The highest BCUT2D eigenvalue weighted by Gasteiger charge is 2.31. The summed E-state index contributed by atoms with van der Waals surface area (Å²) in [5, 5.41) is 0. The second kappa shape index (κ2) is 30.2. The second-order valence-electron chi connectivity index (χ2n) is 11.4. The van der Waals surface area contributed by atoms with Gasteiger partial charge in [0.05, 0.1) is 33.9 Å². The van der Waals surface area contributed by atoms with Crippen molar-refractivity contribution in [1.82, 2.24) is 4.31 Å². The highest BCUT2D eigenvalue weighted by Crippen LogP contribution is 2.45. The van der Waals surface area contributed by atoms with Crippen LogP contribution in [0.2, 0.25) is 0 Å². The predicted octanol–water partition coefficient (Wildman–Crippen LogP) is 9.99. The fraction of sp³-hybridized carbons (Fsp3) is 0.476. The lowest BCUT2D eigenvalue weighted by Crippen LogP contribution is -2.35. The highest BCUT2D eigenvalue weighted by molar-refractivity contribution is 7.92.